The number of carbonyl (C=O) groups is 1. The molecule has 0 aliphatic carbocycles. The van der Waals surface area contributed by atoms with Crippen molar-refractivity contribution in [2.75, 3.05) is 25.7 Å². The third kappa shape index (κ3) is 3.78. The number of nitrogens with zero attached hydrogens (tertiary/aromatic N) is 1. The number of methoxy groups -OCH3 is 2. The summed E-state index contributed by atoms with van der Waals surface area (Å²) >= 11 is 0. The maximum Gasteiger partial charge on any atom is 0.294 e. The van der Waals surface area contributed by atoms with Gasteiger partial charge in [-0.05, 0) is 48.7 Å². The molecule has 2 heterocycles. The maximum absolute atomic E-state index is 13.1. The molecule has 1 aliphatic rings. The Kier molecular flexibility index (Phi) is 5.42. The van der Waals surface area contributed by atoms with E-state index < -0.39 is 0 Å². The number of hydrogen-bond donors (Lipinski definition) is 0. The van der Waals surface area contributed by atoms with E-state index in [2.05, 4.69) is 0 Å². The van der Waals surface area contributed by atoms with Crippen LogP contribution in [-0.4, -0.2) is 26.7 Å². The van der Waals surface area contributed by atoms with E-state index >= 15 is 0 Å². The summed E-state index contributed by atoms with van der Waals surface area (Å²) < 4.78 is 22.3. The zero-order valence-corrected chi connectivity index (χ0v) is 16.5. The van der Waals surface area contributed by atoms with Crippen LogP contribution in [0.5, 0.6) is 17.2 Å². The largest absolute Gasteiger partial charge is 0.495 e. The van der Waals surface area contributed by atoms with Crippen molar-refractivity contribution in [2.24, 2.45) is 0 Å². The highest BCUT2D eigenvalue weighted by Gasteiger charge is 2.28. The number of fused-ring (bicyclic) bond motifs is 1. The third-order valence-corrected chi connectivity index (χ3v) is 4.96. The quantitative estimate of drug-likeness (QED) is 0.618. The van der Waals surface area contributed by atoms with Gasteiger partial charge in [-0.15, -0.1) is 0 Å². The molecule has 4 rings (SSSR count). The molecule has 0 fully saturated rings. The van der Waals surface area contributed by atoms with E-state index in [9.17, 15) is 4.79 Å². The first-order chi connectivity index (χ1) is 14.2. The number of benzene rings is 2. The van der Waals surface area contributed by atoms with Gasteiger partial charge in [-0.2, -0.15) is 0 Å². The van der Waals surface area contributed by atoms with Crippen molar-refractivity contribution in [3.63, 3.8) is 0 Å². The minimum Gasteiger partial charge on any atom is -0.495 e. The fourth-order valence-electron chi connectivity index (χ4n) is 3.57. The van der Waals surface area contributed by atoms with Crippen LogP contribution in [0.15, 0.2) is 59.0 Å². The highest BCUT2D eigenvalue weighted by Crippen LogP contribution is 2.37. The van der Waals surface area contributed by atoms with Gasteiger partial charge >= 0.3 is 0 Å². The second-order valence-corrected chi connectivity index (χ2v) is 6.73. The van der Waals surface area contributed by atoms with E-state index in [1.54, 1.807) is 31.3 Å². The van der Waals surface area contributed by atoms with Crippen molar-refractivity contribution >= 4 is 11.6 Å². The molecule has 0 atom stereocenters. The number of carbonyl (C=O) groups excluding carboxylic acids is 1. The van der Waals surface area contributed by atoms with Gasteiger partial charge in [-0.3, -0.25) is 4.79 Å². The molecule has 6 nitrogen and oxygen atoms in total. The van der Waals surface area contributed by atoms with E-state index in [1.165, 1.54) is 0 Å². The number of hydrogen-bond acceptors (Lipinski definition) is 5. The van der Waals surface area contributed by atoms with E-state index in [4.69, 9.17) is 18.6 Å². The van der Waals surface area contributed by atoms with Crippen LogP contribution in [-0.2, 0) is 13.0 Å². The van der Waals surface area contributed by atoms with Gasteiger partial charge in [0.2, 0.25) is 0 Å². The third-order valence-electron chi connectivity index (χ3n) is 4.96. The minimum atomic E-state index is -0.181. The topological polar surface area (TPSA) is 61.1 Å². The van der Waals surface area contributed by atoms with Gasteiger partial charge in [0, 0.05) is 6.54 Å². The Morgan fingerprint density at radius 1 is 0.966 bits per heavy atom. The van der Waals surface area contributed by atoms with Crippen molar-refractivity contribution in [3.05, 3.63) is 71.7 Å². The van der Waals surface area contributed by atoms with E-state index in [0.29, 0.717) is 29.6 Å². The van der Waals surface area contributed by atoms with Gasteiger partial charge in [0.1, 0.15) is 18.1 Å². The summed E-state index contributed by atoms with van der Waals surface area (Å²) in [6.07, 6.45) is 1.82. The van der Waals surface area contributed by atoms with Crippen molar-refractivity contribution in [1.29, 1.82) is 0 Å². The molecule has 0 saturated carbocycles. The molecule has 6 heteroatoms. The normalized spacial score (nSPS) is 13.0. The lowest BCUT2D eigenvalue weighted by atomic mass is 10.0. The van der Waals surface area contributed by atoms with Crippen LogP contribution in [0, 0.1) is 0 Å². The lowest BCUT2D eigenvalue weighted by molar-refractivity contribution is 0.0953. The Labute approximate surface area is 169 Å². The van der Waals surface area contributed by atoms with Crippen LogP contribution in [0.4, 0.5) is 5.69 Å². The molecule has 150 valence electrons. The Hall–Kier alpha value is -3.41. The molecule has 0 unspecified atom stereocenters. The van der Waals surface area contributed by atoms with Crippen LogP contribution >= 0.6 is 0 Å². The monoisotopic (exact) mass is 393 g/mol. The average Bonchev–Trinajstić information content (AvgIpc) is 3.25. The molecule has 1 amide bonds. The van der Waals surface area contributed by atoms with Crippen LogP contribution in [0.3, 0.4) is 0 Å². The van der Waals surface area contributed by atoms with Crippen molar-refractivity contribution in [3.8, 4) is 17.2 Å². The predicted octanol–water partition coefficient (Wildman–Crippen LogP) is 4.47. The number of aryl methyl sites for hydroxylation is 1. The summed E-state index contributed by atoms with van der Waals surface area (Å²) in [5, 5.41) is 0. The molecular formula is C23H23NO5. The van der Waals surface area contributed by atoms with Gasteiger partial charge in [-0.1, -0.05) is 24.3 Å². The first-order valence-corrected chi connectivity index (χ1v) is 9.53. The average molecular weight is 393 g/mol. The number of para-hydroxylation sites is 3. The SMILES string of the molecule is COc1ccccc1OCc1ccc(C(=O)N2CCCc3cccc(OC)c32)o1. The molecule has 0 bridgehead atoms. The second kappa shape index (κ2) is 8.31. The Morgan fingerprint density at radius 2 is 1.72 bits per heavy atom. The molecule has 0 N–H and O–H groups in total. The number of rotatable bonds is 6. The van der Waals surface area contributed by atoms with E-state index in [1.807, 2.05) is 42.5 Å². The molecule has 0 saturated heterocycles. The minimum absolute atomic E-state index is 0.181. The molecular weight excluding hydrogens is 370 g/mol. The van der Waals surface area contributed by atoms with Crippen LogP contribution < -0.4 is 19.1 Å². The van der Waals surface area contributed by atoms with Crippen molar-refractivity contribution in [2.45, 2.75) is 19.4 Å². The van der Waals surface area contributed by atoms with Gasteiger partial charge in [0.25, 0.3) is 5.91 Å². The van der Waals surface area contributed by atoms with Crippen molar-refractivity contribution < 1.29 is 23.4 Å². The van der Waals surface area contributed by atoms with E-state index in [0.717, 1.165) is 24.1 Å². The summed E-state index contributed by atoms with van der Waals surface area (Å²) in [6.45, 7) is 0.827. The molecule has 0 radical (unpaired) electrons. The summed E-state index contributed by atoms with van der Waals surface area (Å²) in [6, 6.07) is 16.7. The lowest BCUT2D eigenvalue weighted by Gasteiger charge is -2.30. The zero-order valence-electron chi connectivity index (χ0n) is 16.5. The first-order valence-electron chi connectivity index (χ1n) is 9.53. The molecule has 2 aromatic carbocycles. The molecule has 1 aliphatic heterocycles. The van der Waals surface area contributed by atoms with Gasteiger partial charge in [0.05, 0.1) is 19.9 Å². The number of amides is 1. The van der Waals surface area contributed by atoms with Crippen molar-refractivity contribution in [1.82, 2.24) is 0 Å². The fourth-order valence-corrected chi connectivity index (χ4v) is 3.57. The summed E-state index contributed by atoms with van der Waals surface area (Å²) in [4.78, 5) is 14.9. The van der Waals surface area contributed by atoms with Crippen LogP contribution in [0.25, 0.3) is 0 Å². The Bertz CT molecular complexity index is 996. The van der Waals surface area contributed by atoms with Gasteiger partial charge < -0.3 is 23.5 Å². The summed E-state index contributed by atoms with van der Waals surface area (Å²) in [5.41, 5.74) is 1.93. The summed E-state index contributed by atoms with van der Waals surface area (Å²) in [7, 11) is 3.21. The standard InChI is InChI=1S/C23H23NO5/c1-26-18-9-3-4-10-19(18)28-15-17-12-13-21(29-17)23(25)24-14-6-8-16-7-5-11-20(27-2)22(16)24/h3-5,7,9-13H,6,8,14-15H2,1-2H3. The molecule has 29 heavy (non-hydrogen) atoms. The Balaban J connectivity index is 1.51. The maximum atomic E-state index is 13.1. The lowest BCUT2D eigenvalue weighted by Crippen LogP contribution is -2.35. The van der Waals surface area contributed by atoms with E-state index in [-0.39, 0.29) is 18.3 Å². The number of furan rings is 1. The highest BCUT2D eigenvalue weighted by atomic mass is 16.5. The molecule has 0 spiro atoms. The number of anilines is 1. The Morgan fingerprint density at radius 3 is 2.52 bits per heavy atom. The molecule has 3 aromatic rings. The molecule has 1 aromatic heterocycles. The van der Waals surface area contributed by atoms with Gasteiger partial charge in [0.15, 0.2) is 17.3 Å². The first kappa shape index (κ1) is 18.9. The van der Waals surface area contributed by atoms with Crippen LogP contribution in [0.2, 0.25) is 0 Å². The zero-order chi connectivity index (χ0) is 20.2. The fraction of sp³-hybridized carbons (Fsp3) is 0.261. The summed E-state index contributed by atoms with van der Waals surface area (Å²) in [5.74, 6) is 2.63. The predicted molar refractivity (Wildman–Crippen MR) is 109 cm³/mol. The van der Waals surface area contributed by atoms with Crippen LogP contribution in [0.1, 0.15) is 28.3 Å². The second-order valence-electron chi connectivity index (χ2n) is 6.73. The van der Waals surface area contributed by atoms with Gasteiger partial charge in [-0.25, -0.2) is 0 Å². The highest BCUT2D eigenvalue weighted by molar-refractivity contribution is 6.06. The number of ether oxygens (including phenoxy) is 3. The smallest absolute Gasteiger partial charge is 0.294 e.